The van der Waals surface area contributed by atoms with Crippen LogP contribution in [0.1, 0.15) is 30.9 Å². The van der Waals surface area contributed by atoms with Crippen LogP contribution >= 0.6 is 0 Å². The van der Waals surface area contributed by atoms with Gasteiger partial charge in [0.25, 0.3) is 0 Å². The van der Waals surface area contributed by atoms with Gasteiger partial charge in [-0.1, -0.05) is 66.2 Å². The van der Waals surface area contributed by atoms with Crippen molar-refractivity contribution in [2.24, 2.45) is 0 Å². The zero-order valence-corrected chi connectivity index (χ0v) is 11.6. The molecule has 0 aromatic heterocycles. The smallest absolute Gasteiger partial charge is 0.0262 e. The van der Waals surface area contributed by atoms with Crippen LogP contribution in [0.5, 0.6) is 0 Å². The summed E-state index contributed by atoms with van der Waals surface area (Å²) in [5, 5.41) is 3.42. The monoisotopic (exact) mass is 251 g/mol. The summed E-state index contributed by atoms with van der Waals surface area (Å²) in [6, 6.07) is 21.3. The van der Waals surface area contributed by atoms with E-state index in [9.17, 15) is 0 Å². The largest absolute Gasteiger partial charge is 0.390 e. The molecule has 0 unspecified atom stereocenters. The quantitative estimate of drug-likeness (QED) is 0.834. The number of hydrogen-bond acceptors (Lipinski definition) is 1. The first kappa shape index (κ1) is 13.4. The Morgan fingerprint density at radius 1 is 0.895 bits per heavy atom. The maximum absolute atomic E-state index is 3.42. The Balaban J connectivity index is 2.21. The van der Waals surface area contributed by atoms with Gasteiger partial charge in [-0.2, -0.15) is 0 Å². The average molecular weight is 251 g/mol. The summed E-state index contributed by atoms with van der Waals surface area (Å²) in [5.74, 6) is 0.387. The molecule has 19 heavy (non-hydrogen) atoms. The summed E-state index contributed by atoms with van der Waals surface area (Å²) in [5.41, 5.74) is 3.99. The van der Waals surface area contributed by atoms with Crippen LogP contribution in [0.15, 0.2) is 72.4 Å². The van der Waals surface area contributed by atoms with E-state index < -0.39 is 0 Å². The molecule has 0 aliphatic rings. The van der Waals surface area contributed by atoms with Crippen molar-refractivity contribution in [2.45, 2.75) is 19.8 Å². The van der Waals surface area contributed by atoms with Crippen molar-refractivity contribution in [3.63, 3.8) is 0 Å². The fourth-order valence-electron chi connectivity index (χ4n) is 2.18. The molecule has 2 aromatic rings. The molecule has 0 saturated heterocycles. The van der Waals surface area contributed by atoms with Crippen molar-refractivity contribution < 1.29 is 0 Å². The zero-order valence-electron chi connectivity index (χ0n) is 11.6. The summed E-state index contributed by atoms with van der Waals surface area (Å²) in [6.07, 6.45) is 2.08. The molecule has 0 heterocycles. The van der Waals surface area contributed by atoms with Gasteiger partial charge in [0.2, 0.25) is 0 Å². The molecule has 2 aromatic carbocycles. The predicted octanol–water partition coefficient (Wildman–Crippen LogP) is 4.33. The molecule has 2 rings (SSSR count). The van der Waals surface area contributed by atoms with Crippen LogP contribution in [0.4, 0.5) is 0 Å². The van der Waals surface area contributed by atoms with Gasteiger partial charge < -0.3 is 5.32 Å². The van der Waals surface area contributed by atoms with Crippen LogP contribution in [-0.4, -0.2) is 6.54 Å². The highest BCUT2D eigenvalue weighted by atomic mass is 14.8. The molecule has 0 aliphatic carbocycles. The number of nitrogens with one attached hydrogen (secondary N) is 1. The number of rotatable bonds is 5. The lowest BCUT2D eigenvalue weighted by atomic mass is 9.91. The molecule has 0 fully saturated rings. The molecular weight excluding hydrogens is 230 g/mol. The topological polar surface area (TPSA) is 12.0 Å². The van der Waals surface area contributed by atoms with Crippen LogP contribution in [-0.2, 0) is 0 Å². The van der Waals surface area contributed by atoms with Crippen molar-refractivity contribution >= 4 is 0 Å². The van der Waals surface area contributed by atoms with E-state index in [0.717, 1.165) is 6.54 Å². The Morgan fingerprint density at radius 3 is 1.79 bits per heavy atom. The van der Waals surface area contributed by atoms with Gasteiger partial charge in [-0.3, -0.25) is 0 Å². The average Bonchev–Trinajstić information content (AvgIpc) is 2.45. The summed E-state index contributed by atoms with van der Waals surface area (Å²) < 4.78 is 0. The van der Waals surface area contributed by atoms with Crippen LogP contribution in [0.3, 0.4) is 0 Å². The van der Waals surface area contributed by atoms with Gasteiger partial charge in [-0.15, -0.1) is 0 Å². The summed E-state index contributed by atoms with van der Waals surface area (Å²) >= 11 is 0. The maximum Gasteiger partial charge on any atom is 0.0262 e. The van der Waals surface area contributed by atoms with Crippen LogP contribution in [0.25, 0.3) is 0 Å². The lowest BCUT2D eigenvalue weighted by Crippen LogP contribution is -2.18. The SMILES string of the molecule is CC(C)=CNCC(c1ccccc1)c1ccccc1. The molecule has 0 saturated carbocycles. The van der Waals surface area contributed by atoms with Gasteiger partial charge in [0, 0.05) is 12.5 Å². The molecule has 0 amide bonds. The molecule has 0 radical (unpaired) electrons. The van der Waals surface area contributed by atoms with E-state index in [1.807, 2.05) is 0 Å². The number of hydrogen-bond donors (Lipinski definition) is 1. The van der Waals surface area contributed by atoms with E-state index in [-0.39, 0.29) is 0 Å². The van der Waals surface area contributed by atoms with Gasteiger partial charge in [-0.05, 0) is 31.2 Å². The third-order valence-electron chi connectivity index (χ3n) is 3.12. The number of allylic oxidation sites excluding steroid dienone is 1. The Morgan fingerprint density at radius 2 is 1.37 bits per heavy atom. The standard InChI is InChI=1S/C18H21N/c1-15(2)13-19-14-18(16-9-5-3-6-10-16)17-11-7-4-8-12-17/h3-13,18-19H,14H2,1-2H3. The van der Waals surface area contributed by atoms with Crippen molar-refractivity contribution in [2.75, 3.05) is 6.54 Å². The molecule has 0 aliphatic heterocycles. The van der Waals surface area contributed by atoms with Crippen molar-refractivity contribution in [1.82, 2.24) is 5.32 Å². The second-order valence-corrected chi connectivity index (χ2v) is 5.00. The lowest BCUT2D eigenvalue weighted by molar-refractivity contribution is 0.731. The second kappa shape index (κ2) is 6.79. The van der Waals surface area contributed by atoms with Gasteiger partial charge >= 0.3 is 0 Å². The third-order valence-corrected chi connectivity index (χ3v) is 3.12. The normalized spacial score (nSPS) is 10.3. The highest BCUT2D eigenvalue weighted by Crippen LogP contribution is 2.23. The Hall–Kier alpha value is -2.02. The van der Waals surface area contributed by atoms with E-state index in [2.05, 4.69) is 86.0 Å². The molecule has 0 spiro atoms. The molecule has 98 valence electrons. The van der Waals surface area contributed by atoms with Crippen molar-refractivity contribution in [3.8, 4) is 0 Å². The van der Waals surface area contributed by atoms with E-state index in [4.69, 9.17) is 0 Å². The molecule has 1 nitrogen and oxygen atoms in total. The molecular formula is C18H21N. The predicted molar refractivity (Wildman–Crippen MR) is 82.2 cm³/mol. The lowest BCUT2D eigenvalue weighted by Gasteiger charge is -2.18. The van der Waals surface area contributed by atoms with Crippen molar-refractivity contribution in [3.05, 3.63) is 83.6 Å². The van der Waals surface area contributed by atoms with E-state index >= 15 is 0 Å². The fraction of sp³-hybridized carbons (Fsp3) is 0.222. The van der Waals surface area contributed by atoms with Gasteiger partial charge in [0.1, 0.15) is 0 Å². The molecule has 1 N–H and O–H groups in total. The minimum Gasteiger partial charge on any atom is -0.390 e. The highest BCUT2D eigenvalue weighted by Gasteiger charge is 2.12. The molecule has 0 bridgehead atoms. The maximum atomic E-state index is 3.42. The van der Waals surface area contributed by atoms with Crippen molar-refractivity contribution in [1.29, 1.82) is 0 Å². The Bertz CT molecular complexity index is 470. The highest BCUT2D eigenvalue weighted by molar-refractivity contribution is 5.32. The van der Waals surface area contributed by atoms with Crippen LogP contribution in [0.2, 0.25) is 0 Å². The first-order valence-corrected chi connectivity index (χ1v) is 6.74. The summed E-state index contributed by atoms with van der Waals surface area (Å²) in [4.78, 5) is 0. The van der Waals surface area contributed by atoms with Gasteiger partial charge in [0.05, 0.1) is 0 Å². The Kier molecular flexibility index (Phi) is 4.79. The van der Waals surface area contributed by atoms with E-state index in [1.165, 1.54) is 16.7 Å². The molecule has 0 atom stereocenters. The van der Waals surface area contributed by atoms with E-state index in [0.29, 0.717) is 5.92 Å². The van der Waals surface area contributed by atoms with Crippen LogP contribution in [0, 0.1) is 0 Å². The zero-order chi connectivity index (χ0) is 13.5. The summed E-state index contributed by atoms with van der Waals surface area (Å²) in [7, 11) is 0. The minimum atomic E-state index is 0.387. The number of benzene rings is 2. The third kappa shape index (κ3) is 3.99. The van der Waals surface area contributed by atoms with Gasteiger partial charge in [0.15, 0.2) is 0 Å². The second-order valence-electron chi connectivity index (χ2n) is 5.00. The Labute approximate surface area is 116 Å². The summed E-state index contributed by atoms with van der Waals surface area (Å²) in [6.45, 7) is 5.12. The molecule has 1 heteroatoms. The first-order chi connectivity index (χ1) is 9.27. The first-order valence-electron chi connectivity index (χ1n) is 6.74. The van der Waals surface area contributed by atoms with Crippen LogP contribution < -0.4 is 5.32 Å². The van der Waals surface area contributed by atoms with Gasteiger partial charge in [-0.25, -0.2) is 0 Å². The van der Waals surface area contributed by atoms with E-state index in [1.54, 1.807) is 0 Å². The minimum absolute atomic E-state index is 0.387. The fourth-order valence-corrected chi connectivity index (χ4v) is 2.18.